The number of nitrogens with zero attached hydrogens (tertiary/aromatic N) is 3. The Bertz CT molecular complexity index is 556. The van der Waals surface area contributed by atoms with Crippen LogP contribution in [0.5, 0.6) is 0 Å². The quantitative estimate of drug-likeness (QED) is 0.841. The van der Waals surface area contributed by atoms with E-state index >= 15 is 0 Å². The van der Waals surface area contributed by atoms with Crippen LogP contribution in [-0.4, -0.2) is 22.4 Å². The van der Waals surface area contributed by atoms with Crippen LogP contribution in [0.1, 0.15) is 12.0 Å². The first-order valence-electron chi connectivity index (χ1n) is 6.42. The molecule has 1 aromatic carbocycles. The Morgan fingerprint density at radius 3 is 2.63 bits per heavy atom. The summed E-state index contributed by atoms with van der Waals surface area (Å²) >= 11 is 0. The lowest BCUT2D eigenvalue weighted by Crippen LogP contribution is -2.24. The second-order valence-electron chi connectivity index (χ2n) is 4.86. The topological polar surface area (TPSA) is 46.1 Å². The van der Waals surface area contributed by atoms with Crippen molar-refractivity contribution in [3.63, 3.8) is 0 Å². The molecular formula is C15H15N3O. The van der Waals surface area contributed by atoms with Gasteiger partial charge in [0.1, 0.15) is 6.33 Å². The second-order valence-corrected chi connectivity index (χ2v) is 4.86. The van der Waals surface area contributed by atoms with Gasteiger partial charge in [-0.25, -0.2) is 9.97 Å². The fraction of sp³-hybridized carbons (Fsp3) is 0.267. The van der Waals surface area contributed by atoms with Gasteiger partial charge in [-0.15, -0.1) is 0 Å². The molecule has 0 spiro atoms. The number of para-hydroxylation sites is 1. The Balaban J connectivity index is 1.70. The van der Waals surface area contributed by atoms with E-state index in [9.17, 15) is 4.79 Å². The summed E-state index contributed by atoms with van der Waals surface area (Å²) in [5.41, 5.74) is 2.08. The molecule has 19 heavy (non-hydrogen) atoms. The fourth-order valence-electron chi connectivity index (χ4n) is 2.54. The van der Waals surface area contributed by atoms with Crippen LogP contribution in [-0.2, 0) is 11.2 Å². The van der Waals surface area contributed by atoms with Crippen LogP contribution >= 0.6 is 0 Å². The molecule has 0 bridgehead atoms. The van der Waals surface area contributed by atoms with Crippen LogP contribution < -0.4 is 4.90 Å². The Kier molecular flexibility index (Phi) is 3.23. The summed E-state index contributed by atoms with van der Waals surface area (Å²) in [4.78, 5) is 22.0. The number of anilines is 1. The molecule has 0 N–H and O–H groups in total. The van der Waals surface area contributed by atoms with E-state index in [1.807, 2.05) is 47.6 Å². The van der Waals surface area contributed by atoms with Gasteiger partial charge in [-0.1, -0.05) is 18.2 Å². The molecule has 96 valence electrons. The third-order valence-corrected chi connectivity index (χ3v) is 3.41. The van der Waals surface area contributed by atoms with Crippen molar-refractivity contribution in [2.75, 3.05) is 11.4 Å². The van der Waals surface area contributed by atoms with Crippen LogP contribution in [0.3, 0.4) is 0 Å². The van der Waals surface area contributed by atoms with Gasteiger partial charge in [-0.3, -0.25) is 4.79 Å². The van der Waals surface area contributed by atoms with Crippen LogP contribution in [0.2, 0.25) is 0 Å². The average Bonchev–Trinajstić information content (AvgIpc) is 2.82. The summed E-state index contributed by atoms with van der Waals surface area (Å²) in [6, 6.07) is 9.84. The largest absolute Gasteiger partial charge is 0.312 e. The van der Waals surface area contributed by atoms with Gasteiger partial charge in [0.15, 0.2) is 0 Å². The zero-order chi connectivity index (χ0) is 13.1. The zero-order valence-electron chi connectivity index (χ0n) is 10.6. The minimum absolute atomic E-state index is 0.202. The Labute approximate surface area is 112 Å². The molecule has 2 heterocycles. The number of hydrogen-bond acceptors (Lipinski definition) is 3. The van der Waals surface area contributed by atoms with Crippen LogP contribution in [0.4, 0.5) is 5.69 Å². The van der Waals surface area contributed by atoms with Crippen molar-refractivity contribution < 1.29 is 4.79 Å². The van der Waals surface area contributed by atoms with E-state index in [0.29, 0.717) is 12.3 Å². The van der Waals surface area contributed by atoms with E-state index in [2.05, 4.69) is 9.97 Å². The van der Waals surface area contributed by atoms with Crippen molar-refractivity contribution in [3.05, 3.63) is 54.6 Å². The molecule has 1 aliphatic rings. The first-order chi connectivity index (χ1) is 9.33. The maximum atomic E-state index is 12.1. The first-order valence-corrected chi connectivity index (χ1v) is 6.42. The summed E-state index contributed by atoms with van der Waals surface area (Å²) in [7, 11) is 0. The van der Waals surface area contributed by atoms with Gasteiger partial charge in [0, 0.05) is 31.0 Å². The molecule has 4 heteroatoms. The molecule has 1 amide bonds. The van der Waals surface area contributed by atoms with Crippen molar-refractivity contribution in [3.8, 4) is 0 Å². The predicted octanol–water partition coefficient (Wildman–Crippen LogP) is 2.07. The molecule has 1 fully saturated rings. The van der Waals surface area contributed by atoms with Crippen LogP contribution in [0, 0.1) is 5.92 Å². The summed E-state index contributed by atoms with van der Waals surface area (Å²) in [6.07, 6.45) is 6.63. The minimum Gasteiger partial charge on any atom is -0.312 e. The number of aromatic nitrogens is 2. The number of rotatable bonds is 3. The van der Waals surface area contributed by atoms with Crippen molar-refractivity contribution in [1.82, 2.24) is 9.97 Å². The monoisotopic (exact) mass is 253 g/mol. The Hall–Kier alpha value is -2.23. The van der Waals surface area contributed by atoms with Gasteiger partial charge >= 0.3 is 0 Å². The smallest absolute Gasteiger partial charge is 0.227 e. The number of amides is 1. The first kappa shape index (κ1) is 11.8. The number of hydrogen-bond donors (Lipinski definition) is 0. The van der Waals surface area contributed by atoms with Gasteiger partial charge in [-0.2, -0.15) is 0 Å². The van der Waals surface area contributed by atoms with Crippen molar-refractivity contribution in [2.24, 2.45) is 5.92 Å². The lowest BCUT2D eigenvalue weighted by Gasteiger charge is -2.16. The molecule has 3 rings (SSSR count). The molecular weight excluding hydrogens is 238 g/mol. The van der Waals surface area contributed by atoms with Crippen LogP contribution in [0.25, 0.3) is 0 Å². The molecule has 0 saturated carbocycles. The summed E-state index contributed by atoms with van der Waals surface area (Å²) in [5.74, 6) is 0.548. The second kappa shape index (κ2) is 5.18. The normalized spacial score (nSPS) is 18.8. The average molecular weight is 253 g/mol. The Morgan fingerprint density at radius 1 is 1.16 bits per heavy atom. The molecule has 1 aromatic heterocycles. The summed E-state index contributed by atoms with van der Waals surface area (Å²) in [5, 5.41) is 0. The molecule has 0 unspecified atom stereocenters. The summed E-state index contributed by atoms with van der Waals surface area (Å²) < 4.78 is 0. The van der Waals surface area contributed by atoms with Gasteiger partial charge in [0.2, 0.25) is 5.91 Å². The highest BCUT2D eigenvalue weighted by Crippen LogP contribution is 2.26. The van der Waals surface area contributed by atoms with Gasteiger partial charge in [-0.05, 0) is 30.0 Å². The van der Waals surface area contributed by atoms with Gasteiger partial charge in [0.05, 0.1) is 0 Å². The summed E-state index contributed by atoms with van der Waals surface area (Å²) in [6.45, 7) is 0.776. The molecule has 1 saturated heterocycles. The predicted molar refractivity (Wildman–Crippen MR) is 72.6 cm³/mol. The van der Waals surface area contributed by atoms with Crippen LogP contribution in [0.15, 0.2) is 49.1 Å². The van der Waals surface area contributed by atoms with Gasteiger partial charge in [0.25, 0.3) is 0 Å². The molecule has 0 aliphatic carbocycles. The standard InChI is InChI=1S/C15H15N3O/c19-15-7-12(6-13-8-16-11-17-9-13)10-18(15)14-4-2-1-3-5-14/h1-5,8-9,11-12H,6-7,10H2/t12-/m1/s1. The maximum Gasteiger partial charge on any atom is 0.227 e. The minimum atomic E-state index is 0.202. The highest BCUT2D eigenvalue weighted by Gasteiger charge is 2.30. The molecule has 1 atom stereocenters. The van der Waals surface area contributed by atoms with E-state index in [-0.39, 0.29) is 5.91 Å². The van der Waals surface area contributed by atoms with E-state index in [1.54, 1.807) is 0 Å². The third kappa shape index (κ3) is 2.62. The van der Waals surface area contributed by atoms with Crippen molar-refractivity contribution >= 4 is 11.6 Å². The highest BCUT2D eigenvalue weighted by molar-refractivity contribution is 5.95. The Morgan fingerprint density at radius 2 is 1.89 bits per heavy atom. The molecule has 0 radical (unpaired) electrons. The van der Waals surface area contributed by atoms with E-state index < -0.39 is 0 Å². The van der Waals surface area contributed by atoms with E-state index in [4.69, 9.17) is 0 Å². The maximum absolute atomic E-state index is 12.1. The molecule has 1 aliphatic heterocycles. The van der Waals surface area contributed by atoms with Crippen molar-refractivity contribution in [1.29, 1.82) is 0 Å². The number of carbonyl (C=O) groups is 1. The van der Waals surface area contributed by atoms with Gasteiger partial charge < -0.3 is 4.90 Å². The lowest BCUT2D eigenvalue weighted by atomic mass is 10.0. The number of carbonyl (C=O) groups excluding carboxylic acids is 1. The highest BCUT2D eigenvalue weighted by atomic mass is 16.2. The SMILES string of the molecule is O=C1C[C@@H](Cc2cncnc2)CN1c1ccccc1. The molecule has 4 nitrogen and oxygen atoms in total. The third-order valence-electron chi connectivity index (χ3n) is 3.41. The fourth-order valence-corrected chi connectivity index (χ4v) is 2.54. The number of benzene rings is 1. The lowest BCUT2D eigenvalue weighted by molar-refractivity contribution is -0.117. The van der Waals surface area contributed by atoms with E-state index in [0.717, 1.165) is 24.2 Å². The van der Waals surface area contributed by atoms with E-state index in [1.165, 1.54) is 6.33 Å². The van der Waals surface area contributed by atoms with Crippen molar-refractivity contribution in [2.45, 2.75) is 12.8 Å². The molecule has 2 aromatic rings. The zero-order valence-corrected chi connectivity index (χ0v) is 10.6.